The molecular formula is C14H24N2OS. The Morgan fingerprint density at radius 2 is 2.11 bits per heavy atom. The van der Waals surface area contributed by atoms with Crippen LogP contribution < -0.4 is 5.73 Å². The number of likely N-dealkylation sites (tertiary alicyclic amines) is 1. The van der Waals surface area contributed by atoms with Crippen molar-refractivity contribution in [3.63, 3.8) is 0 Å². The number of carbonyl (C=O) groups is 1. The fourth-order valence-corrected chi connectivity index (χ4v) is 3.83. The molecule has 1 aliphatic heterocycles. The van der Waals surface area contributed by atoms with E-state index in [1.54, 1.807) is 0 Å². The maximum atomic E-state index is 12.8. The van der Waals surface area contributed by atoms with Crippen molar-refractivity contribution in [1.82, 2.24) is 4.90 Å². The van der Waals surface area contributed by atoms with Gasteiger partial charge in [0.1, 0.15) is 0 Å². The number of rotatable bonds is 3. The molecule has 1 saturated carbocycles. The smallest absolute Gasteiger partial charge is 0.235 e. The zero-order chi connectivity index (χ0) is 13.3. The zero-order valence-corrected chi connectivity index (χ0v) is 12.3. The van der Waals surface area contributed by atoms with E-state index in [1.165, 1.54) is 6.42 Å². The van der Waals surface area contributed by atoms with E-state index >= 15 is 0 Å². The Bertz CT molecular complexity index is 350. The van der Waals surface area contributed by atoms with Crippen LogP contribution in [0.15, 0.2) is 0 Å². The second-order valence-electron chi connectivity index (χ2n) is 6.02. The van der Waals surface area contributed by atoms with Gasteiger partial charge in [0, 0.05) is 12.6 Å². The molecule has 18 heavy (non-hydrogen) atoms. The highest BCUT2D eigenvalue weighted by Crippen LogP contribution is 2.47. The molecule has 1 amide bonds. The van der Waals surface area contributed by atoms with Crippen LogP contribution in [-0.2, 0) is 4.79 Å². The first-order valence-electron chi connectivity index (χ1n) is 7.12. The van der Waals surface area contributed by atoms with Gasteiger partial charge in [-0.15, -0.1) is 0 Å². The van der Waals surface area contributed by atoms with E-state index in [0.29, 0.717) is 16.9 Å². The lowest BCUT2D eigenvalue weighted by atomic mass is 9.61. The summed E-state index contributed by atoms with van der Waals surface area (Å²) in [5.74, 6) is 0.778. The fourth-order valence-electron chi connectivity index (χ4n) is 3.58. The van der Waals surface area contributed by atoms with Gasteiger partial charge in [-0.05, 0) is 44.4 Å². The van der Waals surface area contributed by atoms with E-state index in [1.807, 2.05) is 0 Å². The lowest BCUT2D eigenvalue weighted by molar-refractivity contribution is -0.148. The Labute approximate surface area is 115 Å². The molecule has 102 valence electrons. The second kappa shape index (κ2) is 5.16. The summed E-state index contributed by atoms with van der Waals surface area (Å²) in [4.78, 5) is 15.3. The van der Waals surface area contributed by atoms with E-state index in [-0.39, 0.29) is 5.91 Å². The summed E-state index contributed by atoms with van der Waals surface area (Å²) in [7, 11) is 0. The number of carbonyl (C=O) groups excluding carboxylic acids is 1. The first-order valence-corrected chi connectivity index (χ1v) is 7.53. The number of nitrogens with two attached hydrogens (primary N) is 1. The molecule has 4 heteroatoms. The van der Waals surface area contributed by atoms with Crippen LogP contribution in [0.5, 0.6) is 0 Å². The van der Waals surface area contributed by atoms with Crippen LogP contribution in [0.1, 0.15) is 52.4 Å². The standard InChI is InChI=1S/C14H24N2OS/c1-3-11-6-4-5-7-16(11)13(17)14(12(15)18)8-10(2)9-14/h10-11H,3-9H2,1-2H3,(H2,15,18). The van der Waals surface area contributed by atoms with Crippen molar-refractivity contribution >= 4 is 23.1 Å². The highest BCUT2D eigenvalue weighted by Gasteiger charge is 2.53. The number of nitrogens with zero attached hydrogens (tertiary/aromatic N) is 1. The van der Waals surface area contributed by atoms with Gasteiger partial charge >= 0.3 is 0 Å². The third-order valence-corrected chi connectivity index (χ3v) is 5.02. The van der Waals surface area contributed by atoms with Crippen molar-refractivity contribution in [2.45, 2.75) is 58.4 Å². The molecule has 0 bridgehead atoms. The molecule has 0 spiro atoms. The van der Waals surface area contributed by atoms with Gasteiger partial charge in [0.2, 0.25) is 5.91 Å². The predicted molar refractivity (Wildman–Crippen MR) is 77.3 cm³/mol. The third-order valence-electron chi connectivity index (χ3n) is 4.63. The van der Waals surface area contributed by atoms with Gasteiger partial charge in [-0.3, -0.25) is 4.79 Å². The molecular weight excluding hydrogens is 244 g/mol. The van der Waals surface area contributed by atoms with E-state index in [9.17, 15) is 4.79 Å². The van der Waals surface area contributed by atoms with Gasteiger partial charge in [0.15, 0.2) is 0 Å². The van der Waals surface area contributed by atoms with Gasteiger partial charge < -0.3 is 10.6 Å². The van der Waals surface area contributed by atoms with E-state index in [4.69, 9.17) is 18.0 Å². The largest absolute Gasteiger partial charge is 0.392 e. The molecule has 0 radical (unpaired) electrons. The summed E-state index contributed by atoms with van der Waals surface area (Å²) < 4.78 is 0. The molecule has 1 aliphatic carbocycles. The summed E-state index contributed by atoms with van der Waals surface area (Å²) in [5, 5.41) is 0. The van der Waals surface area contributed by atoms with Crippen molar-refractivity contribution in [1.29, 1.82) is 0 Å². The van der Waals surface area contributed by atoms with Crippen molar-refractivity contribution < 1.29 is 4.79 Å². The van der Waals surface area contributed by atoms with E-state index in [0.717, 1.165) is 38.6 Å². The van der Waals surface area contributed by atoms with Gasteiger partial charge in [0.05, 0.1) is 10.4 Å². The minimum absolute atomic E-state index is 0.208. The lowest BCUT2D eigenvalue weighted by Crippen LogP contribution is -2.59. The van der Waals surface area contributed by atoms with Gasteiger partial charge in [-0.25, -0.2) is 0 Å². The molecule has 0 aromatic carbocycles. The SMILES string of the molecule is CCC1CCCCN1C(=O)C1(C(N)=S)CC(C)C1. The van der Waals surface area contributed by atoms with Crippen LogP contribution in [-0.4, -0.2) is 28.4 Å². The Kier molecular flexibility index (Phi) is 3.95. The maximum Gasteiger partial charge on any atom is 0.235 e. The molecule has 2 aliphatic rings. The summed E-state index contributed by atoms with van der Waals surface area (Å²) in [5.41, 5.74) is 5.36. The molecule has 2 fully saturated rings. The maximum absolute atomic E-state index is 12.8. The lowest BCUT2D eigenvalue weighted by Gasteiger charge is -2.49. The quantitative estimate of drug-likeness (QED) is 0.800. The molecule has 1 unspecified atom stereocenters. The number of thiocarbonyl (C=S) groups is 1. The minimum atomic E-state index is -0.514. The van der Waals surface area contributed by atoms with Crippen LogP contribution in [0, 0.1) is 11.3 Å². The first-order chi connectivity index (χ1) is 8.51. The van der Waals surface area contributed by atoms with Gasteiger partial charge in [-0.2, -0.15) is 0 Å². The molecule has 3 nitrogen and oxygen atoms in total. The zero-order valence-electron chi connectivity index (χ0n) is 11.4. The van der Waals surface area contributed by atoms with Crippen LogP contribution >= 0.6 is 12.2 Å². The highest BCUT2D eigenvalue weighted by molar-refractivity contribution is 7.80. The number of hydrogen-bond acceptors (Lipinski definition) is 2. The molecule has 2 rings (SSSR count). The number of hydrogen-bond donors (Lipinski definition) is 1. The van der Waals surface area contributed by atoms with E-state index in [2.05, 4.69) is 18.7 Å². The summed E-state index contributed by atoms with van der Waals surface area (Å²) >= 11 is 5.18. The van der Waals surface area contributed by atoms with Crippen molar-refractivity contribution in [3.8, 4) is 0 Å². The summed E-state index contributed by atoms with van der Waals surface area (Å²) in [6.45, 7) is 5.21. The fraction of sp³-hybridized carbons (Fsp3) is 0.857. The van der Waals surface area contributed by atoms with Crippen LogP contribution in [0.2, 0.25) is 0 Å². The van der Waals surface area contributed by atoms with E-state index < -0.39 is 5.41 Å². The molecule has 0 aromatic rings. The topological polar surface area (TPSA) is 46.3 Å². The average molecular weight is 268 g/mol. The minimum Gasteiger partial charge on any atom is -0.392 e. The molecule has 1 atom stereocenters. The highest BCUT2D eigenvalue weighted by atomic mass is 32.1. The molecule has 0 aromatic heterocycles. The summed E-state index contributed by atoms with van der Waals surface area (Å²) in [6.07, 6.45) is 6.20. The Hall–Kier alpha value is -0.640. The van der Waals surface area contributed by atoms with Crippen molar-refractivity contribution in [2.75, 3.05) is 6.54 Å². The number of amides is 1. The summed E-state index contributed by atoms with van der Waals surface area (Å²) in [6, 6.07) is 0.397. The first kappa shape index (κ1) is 13.8. The average Bonchev–Trinajstić information content (AvgIpc) is 2.33. The van der Waals surface area contributed by atoms with Gasteiger partial charge in [0.25, 0.3) is 0 Å². The Morgan fingerprint density at radius 1 is 1.44 bits per heavy atom. The van der Waals surface area contributed by atoms with Crippen LogP contribution in [0.4, 0.5) is 0 Å². The Balaban J connectivity index is 2.16. The molecule has 1 heterocycles. The monoisotopic (exact) mass is 268 g/mol. The van der Waals surface area contributed by atoms with Gasteiger partial charge in [-0.1, -0.05) is 26.1 Å². The number of piperidine rings is 1. The second-order valence-corrected chi connectivity index (χ2v) is 6.46. The normalized spacial score (nSPS) is 36.0. The molecule has 1 saturated heterocycles. The third kappa shape index (κ3) is 2.15. The predicted octanol–water partition coefficient (Wildman–Crippen LogP) is 2.48. The van der Waals surface area contributed by atoms with Crippen LogP contribution in [0.25, 0.3) is 0 Å². The molecule has 2 N–H and O–H groups in total. The Morgan fingerprint density at radius 3 is 2.61 bits per heavy atom. The van der Waals surface area contributed by atoms with Crippen LogP contribution in [0.3, 0.4) is 0 Å². The van der Waals surface area contributed by atoms with Crippen molar-refractivity contribution in [3.05, 3.63) is 0 Å². The van der Waals surface area contributed by atoms with Crippen molar-refractivity contribution in [2.24, 2.45) is 17.1 Å².